The highest BCUT2D eigenvalue weighted by atomic mass is 35.5. The van der Waals surface area contributed by atoms with E-state index in [1.165, 1.54) is 23.6 Å². The van der Waals surface area contributed by atoms with Crippen molar-refractivity contribution in [2.24, 2.45) is 5.92 Å². The Bertz CT molecular complexity index is 431. The Morgan fingerprint density at radius 3 is 2.80 bits per heavy atom. The Kier molecular flexibility index (Phi) is 2.86. The van der Waals surface area contributed by atoms with E-state index >= 15 is 0 Å². The molecule has 15 heavy (non-hydrogen) atoms. The molecule has 5 heteroatoms. The van der Waals surface area contributed by atoms with Gasteiger partial charge in [0.05, 0.1) is 0 Å². The molecule has 0 amide bonds. The predicted octanol–water partition coefficient (Wildman–Crippen LogP) is 2.03. The Morgan fingerprint density at radius 2 is 2.13 bits per heavy atom. The predicted molar refractivity (Wildman–Crippen MR) is 58.2 cm³/mol. The van der Waals surface area contributed by atoms with E-state index < -0.39 is 0 Å². The molecule has 1 heterocycles. The van der Waals surface area contributed by atoms with E-state index in [9.17, 15) is 0 Å². The molecule has 0 bridgehead atoms. The zero-order chi connectivity index (χ0) is 10.8. The van der Waals surface area contributed by atoms with Gasteiger partial charge in [0.15, 0.2) is 10.6 Å². The van der Waals surface area contributed by atoms with E-state index in [2.05, 4.69) is 4.98 Å². The molecule has 0 spiro atoms. The van der Waals surface area contributed by atoms with Crippen LogP contribution in [0, 0.1) is 16.7 Å². The number of rotatable bonds is 1. The van der Waals surface area contributed by atoms with Gasteiger partial charge in [-0.1, -0.05) is 24.4 Å². The van der Waals surface area contributed by atoms with E-state index in [-0.39, 0.29) is 16.6 Å². The number of hydrogen-bond donors (Lipinski definition) is 2. The molecule has 2 rings (SSSR count). The fourth-order valence-electron chi connectivity index (χ4n) is 2.00. The van der Waals surface area contributed by atoms with E-state index in [1.54, 1.807) is 6.20 Å². The van der Waals surface area contributed by atoms with E-state index in [0.717, 1.165) is 12.8 Å². The van der Waals surface area contributed by atoms with Crippen LogP contribution < -0.4 is 5.49 Å². The van der Waals surface area contributed by atoms with Gasteiger partial charge in [-0.15, -0.1) is 0 Å². The van der Waals surface area contributed by atoms with Gasteiger partial charge in [0.2, 0.25) is 0 Å². The Hall–Kier alpha value is -1.16. The maximum Gasteiger partial charge on any atom is 0.171 e. The first-order chi connectivity index (χ1) is 7.20. The SMILES string of the molecule is N=C(C1CCCC1)n1ccnc(Cl)c1=N. The van der Waals surface area contributed by atoms with Gasteiger partial charge in [0.1, 0.15) is 5.84 Å². The normalized spacial score (nSPS) is 16.9. The van der Waals surface area contributed by atoms with E-state index in [1.807, 2.05) is 0 Å². The Morgan fingerprint density at radius 1 is 1.47 bits per heavy atom. The lowest BCUT2D eigenvalue weighted by Gasteiger charge is -2.13. The van der Waals surface area contributed by atoms with Crippen LogP contribution in [0.3, 0.4) is 0 Å². The third-order valence-electron chi connectivity index (χ3n) is 2.84. The highest BCUT2D eigenvalue weighted by Crippen LogP contribution is 2.25. The molecule has 1 fully saturated rings. The highest BCUT2D eigenvalue weighted by molar-refractivity contribution is 6.29. The van der Waals surface area contributed by atoms with Crippen molar-refractivity contribution < 1.29 is 0 Å². The largest absolute Gasteiger partial charge is 0.288 e. The van der Waals surface area contributed by atoms with Crippen molar-refractivity contribution in [3.05, 3.63) is 23.0 Å². The van der Waals surface area contributed by atoms with Crippen LogP contribution in [0.5, 0.6) is 0 Å². The van der Waals surface area contributed by atoms with Gasteiger partial charge in [-0.05, 0) is 12.8 Å². The van der Waals surface area contributed by atoms with Crippen molar-refractivity contribution in [2.75, 3.05) is 0 Å². The number of nitrogens with one attached hydrogen (secondary N) is 2. The van der Waals surface area contributed by atoms with Crippen LogP contribution >= 0.6 is 11.6 Å². The summed E-state index contributed by atoms with van der Waals surface area (Å²) < 4.78 is 1.52. The summed E-state index contributed by atoms with van der Waals surface area (Å²) in [4.78, 5) is 3.81. The molecule has 80 valence electrons. The summed E-state index contributed by atoms with van der Waals surface area (Å²) in [5.41, 5.74) is 0.107. The summed E-state index contributed by atoms with van der Waals surface area (Å²) in [5.74, 6) is 0.749. The molecular formula is C10H13ClN4. The molecule has 0 radical (unpaired) electrons. The van der Waals surface area contributed by atoms with Crippen molar-refractivity contribution in [3.8, 4) is 0 Å². The van der Waals surface area contributed by atoms with Gasteiger partial charge >= 0.3 is 0 Å². The second kappa shape index (κ2) is 4.14. The summed E-state index contributed by atoms with van der Waals surface area (Å²) in [6.45, 7) is 0. The van der Waals surface area contributed by atoms with Crippen molar-refractivity contribution in [1.82, 2.24) is 9.55 Å². The van der Waals surface area contributed by atoms with Crippen molar-refractivity contribution >= 4 is 17.4 Å². The zero-order valence-electron chi connectivity index (χ0n) is 8.33. The smallest absolute Gasteiger partial charge is 0.171 e. The van der Waals surface area contributed by atoms with Gasteiger partial charge < -0.3 is 0 Å². The number of nitrogens with zero attached hydrogens (tertiary/aromatic N) is 2. The second-order valence-electron chi connectivity index (χ2n) is 3.80. The van der Waals surface area contributed by atoms with Gasteiger partial charge in [0.25, 0.3) is 0 Å². The summed E-state index contributed by atoms with van der Waals surface area (Å²) in [6, 6.07) is 0. The molecule has 0 saturated heterocycles. The maximum atomic E-state index is 8.02. The monoisotopic (exact) mass is 224 g/mol. The lowest BCUT2D eigenvalue weighted by molar-refractivity contribution is 0.686. The molecule has 1 aromatic rings. The molecular weight excluding hydrogens is 212 g/mol. The molecule has 1 aromatic heterocycles. The molecule has 4 nitrogen and oxygen atoms in total. The first-order valence-electron chi connectivity index (χ1n) is 5.06. The van der Waals surface area contributed by atoms with Crippen molar-refractivity contribution in [3.63, 3.8) is 0 Å². The van der Waals surface area contributed by atoms with Crippen LogP contribution in [0.1, 0.15) is 25.7 Å². The average molecular weight is 225 g/mol. The molecule has 0 unspecified atom stereocenters. The van der Waals surface area contributed by atoms with Gasteiger partial charge in [0, 0.05) is 18.3 Å². The first-order valence-corrected chi connectivity index (χ1v) is 5.44. The maximum absolute atomic E-state index is 8.02. The van der Waals surface area contributed by atoms with Gasteiger partial charge in [-0.2, -0.15) is 0 Å². The van der Waals surface area contributed by atoms with Crippen molar-refractivity contribution in [1.29, 1.82) is 10.8 Å². The van der Waals surface area contributed by atoms with E-state index in [0.29, 0.717) is 5.84 Å². The average Bonchev–Trinajstić information content (AvgIpc) is 2.74. The number of aromatic nitrogens is 2. The van der Waals surface area contributed by atoms with Crippen LogP contribution in [0.25, 0.3) is 0 Å². The fourth-order valence-corrected chi connectivity index (χ4v) is 2.14. The topological polar surface area (TPSA) is 65.5 Å². The quantitative estimate of drug-likeness (QED) is 0.556. The minimum absolute atomic E-state index is 0.107. The van der Waals surface area contributed by atoms with E-state index in [4.69, 9.17) is 22.4 Å². The Balaban J connectivity index is 2.33. The summed E-state index contributed by atoms with van der Waals surface area (Å²) in [6.07, 6.45) is 7.62. The standard InChI is InChI=1S/C10H13ClN4/c11-8-10(13)15(6-5-14-8)9(12)7-3-1-2-4-7/h5-7,12-13H,1-4H2. The van der Waals surface area contributed by atoms with Gasteiger partial charge in [-0.25, -0.2) is 4.98 Å². The summed E-state index contributed by atoms with van der Waals surface area (Å²) in [7, 11) is 0. The highest BCUT2D eigenvalue weighted by Gasteiger charge is 2.21. The van der Waals surface area contributed by atoms with Crippen LogP contribution in [0.15, 0.2) is 12.4 Å². The molecule has 1 aliphatic carbocycles. The fraction of sp³-hybridized carbons (Fsp3) is 0.500. The number of halogens is 1. The minimum Gasteiger partial charge on any atom is -0.288 e. The van der Waals surface area contributed by atoms with Crippen LogP contribution in [-0.2, 0) is 0 Å². The summed E-state index contributed by atoms with van der Waals surface area (Å²) in [5, 5.41) is 15.9. The Labute approximate surface area is 92.9 Å². The van der Waals surface area contributed by atoms with Gasteiger partial charge in [-0.3, -0.25) is 15.4 Å². The summed E-state index contributed by atoms with van der Waals surface area (Å²) >= 11 is 5.75. The molecule has 1 aliphatic rings. The molecule has 0 atom stereocenters. The van der Waals surface area contributed by atoms with Crippen LogP contribution in [0.2, 0.25) is 5.15 Å². The zero-order valence-corrected chi connectivity index (χ0v) is 9.09. The molecule has 1 saturated carbocycles. The molecule has 0 aliphatic heterocycles. The molecule has 2 N–H and O–H groups in total. The second-order valence-corrected chi connectivity index (χ2v) is 4.16. The third-order valence-corrected chi connectivity index (χ3v) is 3.12. The first kappa shape index (κ1) is 10.4. The molecule has 0 aromatic carbocycles. The lowest BCUT2D eigenvalue weighted by atomic mass is 10.1. The number of hydrogen-bond acceptors (Lipinski definition) is 3. The minimum atomic E-state index is 0.107. The third kappa shape index (κ3) is 1.95. The lowest BCUT2D eigenvalue weighted by Crippen LogP contribution is -2.31. The van der Waals surface area contributed by atoms with Crippen LogP contribution in [0.4, 0.5) is 0 Å². The van der Waals surface area contributed by atoms with Crippen LogP contribution in [-0.4, -0.2) is 15.4 Å². The van der Waals surface area contributed by atoms with Crippen molar-refractivity contribution in [2.45, 2.75) is 25.7 Å².